The molecule has 26 heavy (non-hydrogen) atoms. The van der Waals surface area contributed by atoms with Crippen molar-refractivity contribution in [1.29, 1.82) is 0 Å². The summed E-state index contributed by atoms with van der Waals surface area (Å²) >= 11 is 1.34. The summed E-state index contributed by atoms with van der Waals surface area (Å²) in [5.41, 5.74) is 1.90. The summed E-state index contributed by atoms with van der Waals surface area (Å²) in [4.78, 5) is 26.2. The highest BCUT2D eigenvalue weighted by Gasteiger charge is 2.35. The van der Waals surface area contributed by atoms with Gasteiger partial charge in [-0.05, 0) is 19.1 Å². The smallest absolute Gasteiger partial charge is 0.262 e. The molecule has 7 heteroatoms. The molecule has 0 radical (unpaired) electrons. The van der Waals surface area contributed by atoms with Gasteiger partial charge in [-0.15, -0.1) is 10.2 Å². The quantitative estimate of drug-likeness (QED) is 0.513. The molecule has 0 bridgehead atoms. The Hall–Kier alpha value is -2.93. The minimum absolute atomic E-state index is 0.208. The highest BCUT2D eigenvalue weighted by molar-refractivity contribution is 7.99. The van der Waals surface area contributed by atoms with E-state index >= 15 is 0 Å². The van der Waals surface area contributed by atoms with Crippen molar-refractivity contribution in [3.8, 4) is 11.4 Å². The van der Waals surface area contributed by atoms with E-state index in [0.717, 1.165) is 11.4 Å². The van der Waals surface area contributed by atoms with Crippen LogP contribution in [-0.4, -0.2) is 37.4 Å². The van der Waals surface area contributed by atoms with Crippen LogP contribution >= 0.6 is 11.8 Å². The van der Waals surface area contributed by atoms with Gasteiger partial charge in [-0.1, -0.05) is 54.2 Å². The molecule has 1 aromatic heterocycles. The SMILES string of the molecule is CCn1c(SCN2C(=O)c3ccccc3C2=O)nnc1-c1ccccc1. The number of benzene rings is 2. The Morgan fingerprint density at radius 1 is 0.885 bits per heavy atom. The first-order valence-corrected chi connectivity index (χ1v) is 9.26. The zero-order chi connectivity index (χ0) is 18.1. The second kappa shape index (κ2) is 6.76. The molecular formula is C19H16N4O2S. The number of nitrogens with zero attached hydrogens (tertiary/aromatic N) is 4. The predicted molar refractivity (Wildman–Crippen MR) is 98.8 cm³/mol. The van der Waals surface area contributed by atoms with Gasteiger partial charge in [0.05, 0.1) is 17.0 Å². The summed E-state index contributed by atoms with van der Waals surface area (Å²) < 4.78 is 1.98. The largest absolute Gasteiger partial charge is 0.302 e. The molecule has 0 saturated carbocycles. The maximum absolute atomic E-state index is 12.5. The van der Waals surface area contributed by atoms with E-state index in [1.807, 2.05) is 41.8 Å². The number of carbonyl (C=O) groups excluding carboxylic acids is 2. The molecule has 2 aromatic carbocycles. The summed E-state index contributed by atoms with van der Waals surface area (Å²) in [6, 6.07) is 16.7. The van der Waals surface area contributed by atoms with E-state index in [9.17, 15) is 9.59 Å². The van der Waals surface area contributed by atoms with Crippen LogP contribution < -0.4 is 0 Å². The number of hydrogen-bond donors (Lipinski definition) is 0. The van der Waals surface area contributed by atoms with Gasteiger partial charge in [0.15, 0.2) is 11.0 Å². The number of aromatic nitrogens is 3. The van der Waals surface area contributed by atoms with E-state index in [-0.39, 0.29) is 17.7 Å². The maximum Gasteiger partial charge on any atom is 0.262 e. The molecule has 1 aliphatic heterocycles. The fraction of sp³-hybridized carbons (Fsp3) is 0.158. The Kier molecular flexibility index (Phi) is 4.30. The van der Waals surface area contributed by atoms with Crippen LogP contribution in [0, 0.1) is 0 Å². The zero-order valence-electron chi connectivity index (χ0n) is 14.1. The van der Waals surface area contributed by atoms with E-state index in [2.05, 4.69) is 10.2 Å². The summed E-state index contributed by atoms with van der Waals surface area (Å²) in [5.74, 6) is 0.463. The molecule has 0 aliphatic carbocycles. The maximum atomic E-state index is 12.5. The average Bonchev–Trinajstić information content (AvgIpc) is 3.20. The number of imide groups is 1. The average molecular weight is 364 g/mol. The monoisotopic (exact) mass is 364 g/mol. The molecule has 6 nitrogen and oxygen atoms in total. The van der Waals surface area contributed by atoms with Crippen LogP contribution in [0.5, 0.6) is 0 Å². The molecule has 0 N–H and O–H groups in total. The van der Waals surface area contributed by atoms with Crippen LogP contribution in [0.3, 0.4) is 0 Å². The molecule has 130 valence electrons. The van der Waals surface area contributed by atoms with Gasteiger partial charge in [0.2, 0.25) is 0 Å². The van der Waals surface area contributed by atoms with Crippen molar-refractivity contribution < 1.29 is 9.59 Å². The Balaban J connectivity index is 1.56. The standard InChI is InChI=1S/C19H16N4O2S/c1-2-22-16(13-8-4-3-5-9-13)20-21-19(22)26-12-23-17(24)14-10-6-7-11-15(14)18(23)25/h3-11H,2,12H2,1H3. The number of hydrogen-bond acceptors (Lipinski definition) is 5. The highest BCUT2D eigenvalue weighted by atomic mass is 32.2. The van der Waals surface area contributed by atoms with Crippen LogP contribution in [-0.2, 0) is 6.54 Å². The van der Waals surface area contributed by atoms with Crippen molar-refractivity contribution in [3.05, 3.63) is 65.7 Å². The lowest BCUT2D eigenvalue weighted by Gasteiger charge is -2.13. The lowest BCUT2D eigenvalue weighted by atomic mass is 10.1. The molecule has 2 heterocycles. The van der Waals surface area contributed by atoms with Crippen molar-refractivity contribution in [1.82, 2.24) is 19.7 Å². The van der Waals surface area contributed by atoms with E-state index in [0.29, 0.717) is 22.8 Å². The van der Waals surface area contributed by atoms with Crippen molar-refractivity contribution >= 4 is 23.6 Å². The molecule has 3 aromatic rings. The molecule has 2 amide bonds. The zero-order valence-corrected chi connectivity index (χ0v) is 14.9. The molecule has 0 saturated heterocycles. The molecule has 1 aliphatic rings. The summed E-state index contributed by atoms with van der Waals surface area (Å²) in [7, 11) is 0. The Morgan fingerprint density at radius 2 is 1.50 bits per heavy atom. The van der Waals surface area contributed by atoms with Crippen LogP contribution in [0.15, 0.2) is 59.8 Å². The fourth-order valence-corrected chi connectivity index (χ4v) is 3.91. The van der Waals surface area contributed by atoms with Gasteiger partial charge >= 0.3 is 0 Å². The number of carbonyl (C=O) groups is 2. The Morgan fingerprint density at radius 3 is 2.12 bits per heavy atom. The first kappa shape index (κ1) is 16.5. The van der Waals surface area contributed by atoms with Gasteiger partial charge in [0.25, 0.3) is 11.8 Å². The van der Waals surface area contributed by atoms with Crippen molar-refractivity contribution in [2.45, 2.75) is 18.6 Å². The lowest BCUT2D eigenvalue weighted by molar-refractivity contribution is 0.0684. The topological polar surface area (TPSA) is 68.1 Å². The minimum atomic E-state index is -0.260. The van der Waals surface area contributed by atoms with Crippen molar-refractivity contribution in [3.63, 3.8) is 0 Å². The molecule has 0 unspecified atom stereocenters. The normalized spacial score (nSPS) is 13.3. The third kappa shape index (κ3) is 2.70. The van der Waals surface area contributed by atoms with Gasteiger partial charge in [0.1, 0.15) is 0 Å². The number of rotatable bonds is 5. The first-order chi connectivity index (χ1) is 12.7. The second-order valence-electron chi connectivity index (χ2n) is 5.77. The number of amides is 2. The fourth-order valence-electron chi connectivity index (χ4n) is 2.96. The van der Waals surface area contributed by atoms with E-state index < -0.39 is 0 Å². The molecule has 0 fully saturated rings. The molecule has 0 spiro atoms. The van der Waals surface area contributed by atoms with Crippen molar-refractivity contribution in [2.24, 2.45) is 0 Å². The summed E-state index contributed by atoms with van der Waals surface area (Å²) in [6.07, 6.45) is 0. The second-order valence-corrected chi connectivity index (χ2v) is 6.69. The summed E-state index contributed by atoms with van der Waals surface area (Å²) in [5, 5.41) is 9.22. The van der Waals surface area contributed by atoms with Crippen LogP contribution in [0.2, 0.25) is 0 Å². The number of thioether (sulfide) groups is 1. The minimum Gasteiger partial charge on any atom is -0.302 e. The predicted octanol–water partition coefficient (Wildman–Crippen LogP) is 3.31. The van der Waals surface area contributed by atoms with Gasteiger partial charge in [0, 0.05) is 12.1 Å². The highest BCUT2D eigenvalue weighted by Crippen LogP contribution is 2.28. The third-order valence-electron chi connectivity index (χ3n) is 4.27. The van der Waals surface area contributed by atoms with Crippen LogP contribution in [0.1, 0.15) is 27.6 Å². The van der Waals surface area contributed by atoms with E-state index in [4.69, 9.17) is 0 Å². The van der Waals surface area contributed by atoms with Gasteiger partial charge in [-0.25, -0.2) is 0 Å². The van der Waals surface area contributed by atoms with Crippen molar-refractivity contribution in [2.75, 3.05) is 5.88 Å². The first-order valence-electron chi connectivity index (χ1n) is 8.27. The van der Waals surface area contributed by atoms with E-state index in [1.165, 1.54) is 16.7 Å². The van der Waals surface area contributed by atoms with Crippen LogP contribution in [0.4, 0.5) is 0 Å². The Bertz CT molecular complexity index is 949. The summed E-state index contributed by atoms with van der Waals surface area (Å²) in [6.45, 7) is 2.71. The van der Waals surface area contributed by atoms with E-state index in [1.54, 1.807) is 24.3 Å². The molecule has 4 rings (SSSR count). The van der Waals surface area contributed by atoms with Gasteiger partial charge in [-0.2, -0.15) is 0 Å². The van der Waals surface area contributed by atoms with Crippen LogP contribution in [0.25, 0.3) is 11.4 Å². The molecular weight excluding hydrogens is 348 g/mol. The molecule has 0 atom stereocenters. The number of fused-ring (bicyclic) bond motifs is 1. The Labute approximate surface area is 154 Å². The third-order valence-corrected chi connectivity index (χ3v) is 5.21. The lowest BCUT2D eigenvalue weighted by Crippen LogP contribution is -2.29. The van der Waals surface area contributed by atoms with Gasteiger partial charge in [-0.3, -0.25) is 14.5 Å². The van der Waals surface area contributed by atoms with Gasteiger partial charge < -0.3 is 4.57 Å².